The summed E-state index contributed by atoms with van der Waals surface area (Å²) in [5.41, 5.74) is 7.07. The average molecular weight is 313 g/mol. The van der Waals surface area contributed by atoms with Crippen LogP contribution in [-0.4, -0.2) is 24.3 Å². The fraction of sp³-hybridized carbons (Fsp3) is 0.571. The fourth-order valence-electron chi connectivity index (χ4n) is 2.87. The first kappa shape index (κ1) is 13.8. The minimum atomic E-state index is -0.0577. The quantitative estimate of drug-likeness (QED) is 0.901. The van der Waals surface area contributed by atoms with Crippen LogP contribution in [0.3, 0.4) is 0 Å². The molecule has 18 heavy (non-hydrogen) atoms. The molecule has 1 aliphatic rings. The lowest BCUT2D eigenvalue weighted by Crippen LogP contribution is -2.53. The van der Waals surface area contributed by atoms with Crippen molar-refractivity contribution in [1.29, 1.82) is 0 Å². The summed E-state index contributed by atoms with van der Waals surface area (Å²) < 4.78 is 6.88. The van der Waals surface area contributed by atoms with Crippen LogP contribution in [0.25, 0.3) is 0 Å². The Balaban J connectivity index is 2.17. The van der Waals surface area contributed by atoms with Gasteiger partial charge in [0.05, 0.1) is 17.7 Å². The minimum absolute atomic E-state index is 0.0577. The van der Waals surface area contributed by atoms with Gasteiger partial charge < -0.3 is 15.8 Å². The maximum Gasteiger partial charge on any atom is 0.0573 e. The van der Waals surface area contributed by atoms with Gasteiger partial charge in [0, 0.05) is 16.7 Å². The van der Waals surface area contributed by atoms with Gasteiger partial charge in [-0.25, -0.2) is 0 Å². The summed E-state index contributed by atoms with van der Waals surface area (Å²) in [4.78, 5) is 0. The third-order valence-corrected chi connectivity index (χ3v) is 3.94. The van der Waals surface area contributed by atoms with Crippen molar-refractivity contribution < 1.29 is 4.74 Å². The first-order chi connectivity index (χ1) is 8.53. The van der Waals surface area contributed by atoms with Gasteiger partial charge in [-0.15, -0.1) is 0 Å². The summed E-state index contributed by atoms with van der Waals surface area (Å²) in [5.74, 6) is 0. The van der Waals surface area contributed by atoms with Crippen molar-refractivity contribution in [3.63, 3.8) is 0 Å². The van der Waals surface area contributed by atoms with Crippen LogP contribution >= 0.6 is 15.9 Å². The molecular weight excluding hydrogens is 292 g/mol. The highest BCUT2D eigenvalue weighted by Gasteiger charge is 2.37. The SMILES string of the molecule is CC1CC(CN)(Nc2cccc(Br)c2)CC(C)O1. The van der Waals surface area contributed by atoms with E-state index in [1.54, 1.807) is 0 Å². The molecule has 1 fully saturated rings. The summed E-state index contributed by atoms with van der Waals surface area (Å²) >= 11 is 3.49. The van der Waals surface area contributed by atoms with E-state index in [1.807, 2.05) is 12.1 Å². The van der Waals surface area contributed by atoms with Gasteiger partial charge in [-0.05, 0) is 44.9 Å². The molecule has 0 spiro atoms. The molecule has 100 valence electrons. The molecule has 3 nitrogen and oxygen atoms in total. The lowest BCUT2D eigenvalue weighted by atomic mass is 9.84. The summed E-state index contributed by atoms with van der Waals surface area (Å²) in [7, 11) is 0. The molecule has 0 bridgehead atoms. The third-order valence-electron chi connectivity index (χ3n) is 3.45. The average Bonchev–Trinajstić information content (AvgIpc) is 2.27. The predicted molar refractivity (Wildman–Crippen MR) is 78.8 cm³/mol. The number of rotatable bonds is 3. The maximum atomic E-state index is 6.02. The molecule has 2 atom stereocenters. The smallest absolute Gasteiger partial charge is 0.0573 e. The van der Waals surface area contributed by atoms with E-state index in [4.69, 9.17) is 10.5 Å². The van der Waals surface area contributed by atoms with Crippen LogP contribution in [0.4, 0.5) is 5.69 Å². The predicted octanol–water partition coefficient (Wildman–Crippen LogP) is 3.15. The molecule has 0 radical (unpaired) electrons. The van der Waals surface area contributed by atoms with Crippen LogP contribution in [0.1, 0.15) is 26.7 Å². The summed E-state index contributed by atoms with van der Waals surface area (Å²) in [5, 5.41) is 3.61. The van der Waals surface area contributed by atoms with Gasteiger partial charge in [0.15, 0.2) is 0 Å². The van der Waals surface area contributed by atoms with Crippen LogP contribution in [0, 0.1) is 0 Å². The molecule has 1 aliphatic heterocycles. The van der Waals surface area contributed by atoms with Crippen molar-refractivity contribution in [2.75, 3.05) is 11.9 Å². The van der Waals surface area contributed by atoms with E-state index < -0.39 is 0 Å². The van der Waals surface area contributed by atoms with Crippen LogP contribution < -0.4 is 11.1 Å². The second kappa shape index (κ2) is 5.59. The number of halogens is 1. The molecule has 4 heteroatoms. The molecule has 2 rings (SSSR count). The van der Waals surface area contributed by atoms with Crippen molar-refractivity contribution in [3.8, 4) is 0 Å². The molecule has 1 aromatic rings. The number of hydrogen-bond acceptors (Lipinski definition) is 3. The van der Waals surface area contributed by atoms with Crippen LogP contribution in [0.2, 0.25) is 0 Å². The van der Waals surface area contributed by atoms with E-state index in [9.17, 15) is 0 Å². The molecule has 1 aromatic carbocycles. The van der Waals surface area contributed by atoms with Crippen LogP contribution in [0.15, 0.2) is 28.7 Å². The lowest BCUT2D eigenvalue weighted by Gasteiger charge is -2.43. The number of benzene rings is 1. The van der Waals surface area contributed by atoms with Crippen LogP contribution in [0.5, 0.6) is 0 Å². The van der Waals surface area contributed by atoms with Gasteiger partial charge in [-0.2, -0.15) is 0 Å². The van der Waals surface area contributed by atoms with Crippen LogP contribution in [-0.2, 0) is 4.74 Å². The monoisotopic (exact) mass is 312 g/mol. The number of ether oxygens (including phenoxy) is 1. The van der Waals surface area contributed by atoms with Gasteiger partial charge in [-0.3, -0.25) is 0 Å². The van der Waals surface area contributed by atoms with E-state index in [-0.39, 0.29) is 17.7 Å². The fourth-order valence-corrected chi connectivity index (χ4v) is 3.27. The van der Waals surface area contributed by atoms with E-state index in [0.29, 0.717) is 6.54 Å². The van der Waals surface area contributed by atoms with Gasteiger partial charge in [0.1, 0.15) is 0 Å². The molecule has 3 N–H and O–H groups in total. The molecular formula is C14H21BrN2O. The Morgan fingerprint density at radius 1 is 1.39 bits per heavy atom. The normalized spacial score (nSPS) is 32.2. The first-order valence-corrected chi connectivity index (χ1v) is 7.21. The Morgan fingerprint density at radius 3 is 2.61 bits per heavy atom. The van der Waals surface area contributed by atoms with Gasteiger partial charge in [0.2, 0.25) is 0 Å². The van der Waals surface area contributed by atoms with Crippen molar-refractivity contribution in [2.45, 2.75) is 44.4 Å². The van der Waals surface area contributed by atoms with Crippen molar-refractivity contribution >= 4 is 21.6 Å². The van der Waals surface area contributed by atoms with Gasteiger partial charge in [0.25, 0.3) is 0 Å². The Morgan fingerprint density at radius 2 is 2.06 bits per heavy atom. The molecule has 2 unspecified atom stereocenters. The van der Waals surface area contributed by atoms with Gasteiger partial charge in [-0.1, -0.05) is 22.0 Å². The molecule has 0 aromatic heterocycles. The summed E-state index contributed by atoms with van der Waals surface area (Å²) in [6.07, 6.45) is 2.38. The number of nitrogens with one attached hydrogen (secondary N) is 1. The Labute approximate surface area is 117 Å². The zero-order chi connectivity index (χ0) is 13.2. The highest BCUT2D eigenvalue weighted by molar-refractivity contribution is 9.10. The zero-order valence-electron chi connectivity index (χ0n) is 10.9. The van der Waals surface area contributed by atoms with E-state index in [0.717, 1.165) is 23.0 Å². The van der Waals surface area contributed by atoms with E-state index in [2.05, 4.69) is 47.2 Å². The third kappa shape index (κ3) is 3.25. The second-order valence-corrected chi connectivity index (χ2v) is 6.20. The van der Waals surface area contributed by atoms with Gasteiger partial charge >= 0.3 is 0 Å². The Bertz CT molecular complexity index is 401. The van der Waals surface area contributed by atoms with E-state index >= 15 is 0 Å². The minimum Gasteiger partial charge on any atom is -0.378 e. The zero-order valence-corrected chi connectivity index (χ0v) is 12.5. The summed E-state index contributed by atoms with van der Waals surface area (Å²) in [6.45, 7) is 4.85. The number of anilines is 1. The number of hydrogen-bond donors (Lipinski definition) is 2. The van der Waals surface area contributed by atoms with E-state index in [1.165, 1.54) is 0 Å². The van der Waals surface area contributed by atoms with Crippen molar-refractivity contribution in [2.24, 2.45) is 5.73 Å². The van der Waals surface area contributed by atoms with Crippen molar-refractivity contribution in [1.82, 2.24) is 0 Å². The molecule has 0 aliphatic carbocycles. The van der Waals surface area contributed by atoms with Crippen molar-refractivity contribution in [3.05, 3.63) is 28.7 Å². The number of nitrogens with two attached hydrogens (primary N) is 1. The molecule has 1 saturated heterocycles. The second-order valence-electron chi connectivity index (χ2n) is 5.29. The standard InChI is InChI=1S/C14H21BrN2O/c1-10-7-14(9-16,8-11(2)18-10)17-13-5-3-4-12(15)6-13/h3-6,10-11,17H,7-9,16H2,1-2H3. The Kier molecular flexibility index (Phi) is 4.30. The highest BCUT2D eigenvalue weighted by Crippen LogP contribution is 2.32. The summed E-state index contributed by atoms with van der Waals surface area (Å²) in [6, 6.07) is 8.22. The highest BCUT2D eigenvalue weighted by atomic mass is 79.9. The molecule has 0 amide bonds. The maximum absolute atomic E-state index is 6.02. The largest absolute Gasteiger partial charge is 0.378 e. The molecule has 0 saturated carbocycles. The lowest BCUT2D eigenvalue weighted by molar-refractivity contribution is -0.0536. The molecule has 1 heterocycles. The topological polar surface area (TPSA) is 47.3 Å². The Hall–Kier alpha value is -0.580. The first-order valence-electron chi connectivity index (χ1n) is 6.42.